The van der Waals surface area contributed by atoms with Gasteiger partial charge in [0.1, 0.15) is 11.6 Å². The van der Waals surface area contributed by atoms with E-state index in [0.29, 0.717) is 47.4 Å². The second kappa shape index (κ2) is 12.6. The quantitative estimate of drug-likeness (QED) is 0.269. The van der Waals surface area contributed by atoms with Crippen molar-refractivity contribution in [2.24, 2.45) is 10.7 Å². The maximum atomic E-state index is 12.9. The van der Waals surface area contributed by atoms with Gasteiger partial charge in [-0.2, -0.15) is 13.2 Å². The second-order valence-corrected chi connectivity index (χ2v) is 8.76. The molecule has 1 heterocycles. The molecular formula is C25H28ClF3N6O2. The molecule has 0 aromatic heterocycles. The number of nitrogens with two attached hydrogens (primary N) is 1. The molecule has 1 aliphatic rings. The minimum absolute atomic E-state index is 0.0729. The lowest BCUT2D eigenvalue weighted by Crippen LogP contribution is -2.46. The molecule has 1 aliphatic heterocycles. The smallest absolute Gasteiger partial charge is 0.390 e. The van der Waals surface area contributed by atoms with Gasteiger partial charge in [0.05, 0.1) is 25.2 Å². The third-order valence-corrected chi connectivity index (χ3v) is 6.05. The Bertz CT molecular complexity index is 1180. The fourth-order valence-corrected chi connectivity index (χ4v) is 3.87. The summed E-state index contributed by atoms with van der Waals surface area (Å²) in [6.07, 6.45) is -5.25. The second-order valence-electron chi connectivity index (χ2n) is 8.36. The van der Waals surface area contributed by atoms with Crippen LogP contribution in [0.2, 0.25) is 5.02 Å². The van der Waals surface area contributed by atoms with Gasteiger partial charge in [0.2, 0.25) is 0 Å². The molecule has 0 aliphatic carbocycles. The van der Waals surface area contributed by atoms with Gasteiger partial charge in [-0.3, -0.25) is 15.3 Å². The van der Waals surface area contributed by atoms with E-state index in [0.717, 1.165) is 11.1 Å². The number of aromatic hydroxyl groups is 1. The maximum absolute atomic E-state index is 12.9. The van der Waals surface area contributed by atoms with Crippen LogP contribution in [0.3, 0.4) is 0 Å². The molecule has 0 atom stereocenters. The largest absolute Gasteiger partial charge is 0.508 e. The average molecular weight is 537 g/mol. The number of carbonyl (C=O) groups excluding carboxylic acids is 1. The van der Waals surface area contributed by atoms with Crippen molar-refractivity contribution < 1.29 is 23.1 Å². The van der Waals surface area contributed by atoms with Crippen molar-refractivity contribution in [1.29, 1.82) is 5.41 Å². The van der Waals surface area contributed by atoms with Crippen molar-refractivity contribution in [3.63, 3.8) is 0 Å². The number of hydrogen-bond acceptors (Lipinski definition) is 6. The van der Waals surface area contributed by atoms with E-state index in [1.807, 2.05) is 18.2 Å². The summed E-state index contributed by atoms with van der Waals surface area (Å²) < 4.78 is 38.7. The van der Waals surface area contributed by atoms with Crippen molar-refractivity contribution in [2.75, 3.05) is 26.2 Å². The Hall–Kier alpha value is -3.57. The van der Waals surface area contributed by atoms with Crippen LogP contribution in [0.25, 0.3) is 0 Å². The molecule has 2 aromatic carbocycles. The molecule has 1 saturated heterocycles. The minimum atomic E-state index is -4.52. The maximum Gasteiger partial charge on any atom is 0.390 e. The monoisotopic (exact) mass is 536 g/mol. The first kappa shape index (κ1) is 28.0. The Kier molecular flexibility index (Phi) is 9.54. The van der Waals surface area contributed by atoms with Crippen molar-refractivity contribution in [3.05, 3.63) is 76.0 Å². The van der Waals surface area contributed by atoms with E-state index in [-0.39, 0.29) is 17.9 Å². The number of amidine groups is 1. The highest BCUT2D eigenvalue weighted by Gasteiger charge is 2.31. The third kappa shape index (κ3) is 8.22. The first-order chi connectivity index (χ1) is 17.5. The van der Waals surface area contributed by atoms with Gasteiger partial charge >= 0.3 is 12.2 Å². The van der Waals surface area contributed by atoms with Crippen LogP contribution in [-0.4, -0.2) is 59.9 Å². The van der Waals surface area contributed by atoms with Crippen molar-refractivity contribution in [3.8, 4) is 5.75 Å². The molecule has 0 radical (unpaired) electrons. The van der Waals surface area contributed by atoms with Gasteiger partial charge < -0.3 is 21.5 Å². The number of amides is 2. The summed E-state index contributed by atoms with van der Waals surface area (Å²) in [7, 11) is 0. The molecule has 1 fully saturated rings. The normalized spacial score (nSPS) is 16.4. The standard InChI is InChI=1S/C25H28ClF3N6O2/c26-20-4-2-1-3-17(20)13-33-22-15-32-11-9-19(22)21(30)14-34-24(37)35(12-10-25(27,28)29)23(31)16-5-7-18(36)8-6-16/h1-8,31-32,36H,9-15,30H2,(H,34,37)/b21-19-,31-23?,33-22?. The van der Waals surface area contributed by atoms with Crippen LogP contribution >= 0.6 is 11.6 Å². The van der Waals surface area contributed by atoms with Crippen LogP contribution in [0.4, 0.5) is 18.0 Å². The van der Waals surface area contributed by atoms with Gasteiger partial charge in [-0.05, 0) is 54.4 Å². The number of piperidine rings is 1. The Morgan fingerprint density at radius 1 is 1.22 bits per heavy atom. The Morgan fingerprint density at radius 3 is 2.59 bits per heavy atom. The van der Waals surface area contributed by atoms with Crippen LogP contribution in [0.15, 0.2) is 64.8 Å². The number of carbonyl (C=O) groups is 1. The molecule has 0 saturated carbocycles. The summed E-state index contributed by atoms with van der Waals surface area (Å²) in [5.74, 6) is -0.506. The lowest BCUT2D eigenvalue weighted by molar-refractivity contribution is -0.135. The molecular weight excluding hydrogens is 509 g/mol. The molecule has 0 unspecified atom stereocenters. The number of rotatable bonds is 7. The topological polar surface area (TPSA) is 127 Å². The number of nitrogens with one attached hydrogen (secondary N) is 3. The first-order valence-electron chi connectivity index (χ1n) is 11.5. The number of phenols is 1. The average Bonchev–Trinajstić information content (AvgIpc) is 2.86. The van der Waals surface area contributed by atoms with Crippen LogP contribution in [0, 0.1) is 5.41 Å². The van der Waals surface area contributed by atoms with E-state index in [9.17, 15) is 23.1 Å². The molecule has 2 aromatic rings. The van der Waals surface area contributed by atoms with Gasteiger partial charge in [0.25, 0.3) is 0 Å². The number of nitrogens with zero attached hydrogens (tertiary/aromatic N) is 2. The molecule has 198 valence electrons. The van der Waals surface area contributed by atoms with E-state index < -0.39 is 31.0 Å². The zero-order valence-corrected chi connectivity index (χ0v) is 20.7. The zero-order chi connectivity index (χ0) is 27.0. The molecule has 3 rings (SSSR count). The van der Waals surface area contributed by atoms with Gasteiger partial charge in [-0.25, -0.2) is 4.79 Å². The highest BCUT2D eigenvalue weighted by Crippen LogP contribution is 2.21. The number of hydrogen-bond donors (Lipinski definition) is 5. The van der Waals surface area contributed by atoms with Crippen LogP contribution < -0.4 is 16.4 Å². The minimum Gasteiger partial charge on any atom is -0.508 e. The lowest BCUT2D eigenvalue weighted by Gasteiger charge is -2.25. The molecule has 2 amide bonds. The lowest BCUT2D eigenvalue weighted by atomic mass is 10.0. The van der Waals surface area contributed by atoms with E-state index >= 15 is 0 Å². The summed E-state index contributed by atoms with van der Waals surface area (Å²) >= 11 is 6.21. The van der Waals surface area contributed by atoms with Crippen LogP contribution in [0.5, 0.6) is 5.75 Å². The zero-order valence-electron chi connectivity index (χ0n) is 19.9. The predicted molar refractivity (Wildman–Crippen MR) is 137 cm³/mol. The van der Waals surface area contributed by atoms with E-state index in [1.165, 1.54) is 24.3 Å². The number of alkyl halides is 3. The highest BCUT2D eigenvalue weighted by atomic mass is 35.5. The highest BCUT2D eigenvalue weighted by molar-refractivity contribution is 6.31. The number of benzene rings is 2. The summed E-state index contributed by atoms with van der Waals surface area (Å²) in [6, 6.07) is 11.7. The fourth-order valence-electron chi connectivity index (χ4n) is 3.68. The summed E-state index contributed by atoms with van der Waals surface area (Å²) in [4.78, 5) is 18.2. The predicted octanol–water partition coefficient (Wildman–Crippen LogP) is 4.18. The van der Waals surface area contributed by atoms with E-state index in [4.69, 9.17) is 22.7 Å². The van der Waals surface area contributed by atoms with Crippen LogP contribution in [0.1, 0.15) is 24.0 Å². The summed E-state index contributed by atoms with van der Waals surface area (Å²) in [5, 5.41) is 24.1. The molecule has 0 spiro atoms. The fraction of sp³-hybridized carbons (Fsp3) is 0.320. The number of halogens is 4. The summed E-state index contributed by atoms with van der Waals surface area (Å²) in [6.45, 7) is 0.579. The Balaban J connectivity index is 1.74. The van der Waals surface area contributed by atoms with Crippen molar-refractivity contribution in [2.45, 2.75) is 25.6 Å². The number of urea groups is 1. The molecule has 8 nitrogen and oxygen atoms in total. The van der Waals surface area contributed by atoms with Gasteiger partial charge in [-0.15, -0.1) is 0 Å². The first-order valence-corrected chi connectivity index (χ1v) is 11.9. The van der Waals surface area contributed by atoms with Gasteiger partial charge in [0.15, 0.2) is 0 Å². The van der Waals surface area contributed by atoms with E-state index in [1.54, 1.807) is 6.07 Å². The number of aliphatic imine (C=N–C) groups is 1. The third-order valence-electron chi connectivity index (χ3n) is 5.68. The molecule has 37 heavy (non-hydrogen) atoms. The molecule has 12 heteroatoms. The Labute approximate surface area is 217 Å². The van der Waals surface area contributed by atoms with Crippen molar-refractivity contribution >= 4 is 29.2 Å². The van der Waals surface area contributed by atoms with Gasteiger partial charge in [-0.1, -0.05) is 29.8 Å². The molecule has 0 bridgehead atoms. The number of phenolic OH excluding ortho intramolecular Hbond substituents is 1. The van der Waals surface area contributed by atoms with Crippen LogP contribution in [-0.2, 0) is 6.54 Å². The SMILES string of the molecule is N=C(c1ccc(O)cc1)N(CCC(F)(F)F)C(=O)NC/C(N)=C1\CCNCC1=NCc1ccccc1Cl. The van der Waals surface area contributed by atoms with E-state index in [2.05, 4.69) is 15.6 Å². The Morgan fingerprint density at radius 2 is 1.92 bits per heavy atom. The van der Waals surface area contributed by atoms with Crippen molar-refractivity contribution in [1.82, 2.24) is 15.5 Å². The summed E-state index contributed by atoms with van der Waals surface area (Å²) in [5.41, 5.74) is 9.10. The molecule has 6 N–H and O–H groups in total. The van der Waals surface area contributed by atoms with Gasteiger partial charge in [0, 0.05) is 29.4 Å².